The number of rotatable bonds is 6. The van der Waals surface area contributed by atoms with E-state index in [-0.39, 0.29) is 19.0 Å². The molecule has 2 unspecified atom stereocenters. The van der Waals surface area contributed by atoms with Crippen LogP contribution in [-0.2, 0) is 23.8 Å². The van der Waals surface area contributed by atoms with Crippen molar-refractivity contribution in [1.29, 1.82) is 0 Å². The van der Waals surface area contributed by atoms with E-state index in [1.807, 2.05) is 6.92 Å². The van der Waals surface area contributed by atoms with Gasteiger partial charge < -0.3 is 14.2 Å². The fraction of sp³-hybridized carbons (Fsp3) is 0.846. The lowest BCUT2D eigenvalue weighted by atomic mass is 9.95. The fourth-order valence-corrected chi connectivity index (χ4v) is 2.00. The molecule has 1 aliphatic rings. The minimum absolute atomic E-state index is 0.137. The number of ether oxygens (including phenoxy) is 3. The number of ketones is 1. The molecule has 0 aliphatic carbocycles. The smallest absolute Gasteiger partial charge is 0.319 e. The van der Waals surface area contributed by atoms with Gasteiger partial charge >= 0.3 is 5.97 Å². The molecule has 5 heteroatoms. The number of hydrogen-bond acceptors (Lipinski definition) is 5. The van der Waals surface area contributed by atoms with Crippen molar-refractivity contribution in [3.8, 4) is 0 Å². The predicted molar refractivity (Wildman–Crippen MR) is 64.9 cm³/mol. The van der Waals surface area contributed by atoms with E-state index in [0.717, 1.165) is 0 Å². The summed E-state index contributed by atoms with van der Waals surface area (Å²) in [6.45, 7) is 7.64. The minimum atomic E-state index is -0.869. The first-order valence-electron chi connectivity index (χ1n) is 6.42. The van der Waals surface area contributed by atoms with Gasteiger partial charge in [0.05, 0.1) is 13.2 Å². The van der Waals surface area contributed by atoms with Crippen molar-refractivity contribution in [2.45, 2.75) is 52.4 Å². The molecule has 0 N–H and O–H groups in total. The van der Waals surface area contributed by atoms with Gasteiger partial charge in [-0.05, 0) is 27.2 Å². The van der Waals surface area contributed by atoms with Crippen LogP contribution in [0, 0.1) is 5.92 Å². The molecule has 1 fully saturated rings. The molecule has 104 valence electrons. The highest BCUT2D eigenvalue weighted by Crippen LogP contribution is 2.28. The quantitative estimate of drug-likeness (QED) is 0.536. The van der Waals surface area contributed by atoms with Crippen molar-refractivity contribution in [2.24, 2.45) is 5.92 Å². The number of carbonyl (C=O) groups is 2. The second-order valence-electron chi connectivity index (χ2n) is 4.81. The summed E-state index contributed by atoms with van der Waals surface area (Å²) in [6, 6.07) is 0. The van der Waals surface area contributed by atoms with Crippen LogP contribution in [0.25, 0.3) is 0 Å². The molecule has 1 saturated heterocycles. The third kappa shape index (κ3) is 3.78. The lowest BCUT2D eigenvalue weighted by Gasteiger charge is -2.21. The molecule has 0 bridgehead atoms. The van der Waals surface area contributed by atoms with Crippen LogP contribution in [0.15, 0.2) is 0 Å². The molecule has 1 heterocycles. The van der Waals surface area contributed by atoms with Gasteiger partial charge in [-0.3, -0.25) is 9.59 Å². The van der Waals surface area contributed by atoms with E-state index in [9.17, 15) is 9.59 Å². The summed E-state index contributed by atoms with van der Waals surface area (Å²) >= 11 is 0. The van der Waals surface area contributed by atoms with Crippen LogP contribution in [0.4, 0.5) is 0 Å². The van der Waals surface area contributed by atoms with E-state index in [2.05, 4.69) is 0 Å². The molecule has 5 nitrogen and oxygen atoms in total. The highest BCUT2D eigenvalue weighted by molar-refractivity contribution is 5.99. The topological polar surface area (TPSA) is 61.8 Å². The summed E-state index contributed by atoms with van der Waals surface area (Å²) in [5, 5.41) is 0. The fourth-order valence-electron chi connectivity index (χ4n) is 2.00. The standard InChI is InChI=1S/C13H22O5/c1-5-7-9(14)11(12(15)16-6-2)10-8-17-13(3,4)18-10/h10-11H,5-8H2,1-4H3. The second-order valence-corrected chi connectivity index (χ2v) is 4.81. The van der Waals surface area contributed by atoms with Crippen LogP contribution in [0.1, 0.15) is 40.5 Å². The Morgan fingerprint density at radius 1 is 1.39 bits per heavy atom. The molecule has 0 amide bonds. The van der Waals surface area contributed by atoms with Crippen LogP contribution < -0.4 is 0 Å². The Morgan fingerprint density at radius 2 is 2.06 bits per heavy atom. The van der Waals surface area contributed by atoms with Gasteiger partial charge in [0.2, 0.25) is 0 Å². The van der Waals surface area contributed by atoms with Crippen LogP contribution >= 0.6 is 0 Å². The average molecular weight is 258 g/mol. The Morgan fingerprint density at radius 3 is 2.50 bits per heavy atom. The molecule has 0 aromatic carbocycles. The Balaban J connectivity index is 2.78. The number of hydrogen-bond donors (Lipinski definition) is 0. The zero-order chi connectivity index (χ0) is 13.8. The molecule has 1 aliphatic heterocycles. The van der Waals surface area contributed by atoms with Gasteiger partial charge in [0.25, 0.3) is 0 Å². The first-order chi connectivity index (χ1) is 8.41. The Hall–Kier alpha value is -0.940. The maximum atomic E-state index is 12.0. The van der Waals surface area contributed by atoms with E-state index >= 15 is 0 Å². The molecule has 0 spiro atoms. The molecular formula is C13H22O5. The van der Waals surface area contributed by atoms with Crippen molar-refractivity contribution in [3.05, 3.63) is 0 Å². The molecule has 1 rings (SSSR count). The Labute approximate surface area is 108 Å². The maximum absolute atomic E-state index is 12.0. The third-order valence-corrected chi connectivity index (χ3v) is 2.79. The van der Waals surface area contributed by atoms with Crippen LogP contribution in [0.5, 0.6) is 0 Å². The van der Waals surface area contributed by atoms with Crippen molar-refractivity contribution in [3.63, 3.8) is 0 Å². The van der Waals surface area contributed by atoms with Crippen molar-refractivity contribution < 1.29 is 23.8 Å². The van der Waals surface area contributed by atoms with Gasteiger partial charge in [-0.15, -0.1) is 0 Å². The third-order valence-electron chi connectivity index (χ3n) is 2.79. The lowest BCUT2D eigenvalue weighted by molar-refractivity contribution is -0.166. The molecule has 0 saturated carbocycles. The summed E-state index contributed by atoms with van der Waals surface area (Å²) < 4.78 is 16.0. The zero-order valence-electron chi connectivity index (χ0n) is 11.5. The molecule has 2 atom stereocenters. The van der Waals surface area contributed by atoms with Crippen LogP contribution in [0.2, 0.25) is 0 Å². The van der Waals surface area contributed by atoms with E-state index in [4.69, 9.17) is 14.2 Å². The van der Waals surface area contributed by atoms with Gasteiger partial charge in [0.1, 0.15) is 17.8 Å². The SMILES string of the molecule is CCCC(=O)C(C(=O)OCC)C1COC(C)(C)O1. The first-order valence-corrected chi connectivity index (χ1v) is 6.42. The van der Waals surface area contributed by atoms with Gasteiger partial charge in [-0.25, -0.2) is 0 Å². The normalized spacial score (nSPS) is 23.7. The summed E-state index contributed by atoms with van der Waals surface area (Å²) in [6.07, 6.45) is 0.508. The van der Waals surface area contributed by atoms with Gasteiger partial charge in [0.15, 0.2) is 5.79 Å². The van der Waals surface area contributed by atoms with E-state index in [1.54, 1.807) is 20.8 Å². The summed E-state index contributed by atoms with van der Waals surface area (Å²) in [4.78, 5) is 23.9. The molecule has 0 aromatic rings. The maximum Gasteiger partial charge on any atom is 0.319 e. The highest BCUT2D eigenvalue weighted by Gasteiger charge is 2.44. The summed E-state index contributed by atoms with van der Waals surface area (Å²) in [7, 11) is 0. The van der Waals surface area contributed by atoms with Crippen LogP contribution in [-0.4, -0.2) is 36.9 Å². The number of carbonyl (C=O) groups excluding carboxylic acids is 2. The van der Waals surface area contributed by atoms with E-state index < -0.39 is 23.8 Å². The minimum Gasteiger partial charge on any atom is -0.465 e. The molecule has 18 heavy (non-hydrogen) atoms. The Kier molecular flexibility index (Phi) is 5.28. The molecule has 0 aromatic heterocycles. The average Bonchev–Trinajstić information content (AvgIpc) is 2.59. The van der Waals surface area contributed by atoms with Gasteiger partial charge in [-0.2, -0.15) is 0 Å². The molecular weight excluding hydrogens is 236 g/mol. The largest absolute Gasteiger partial charge is 0.465 e. The van der Waals surface area contributed by atoms with Crippen molar-refractivity contribution >= 4 is 11.8 Å². The first kappa shape index (κ1) is 15.1. The van der Waals surface area contributed by atoms with Gasteiger partial charge in [-0.1, -0.05) is 6.92 Å². The highest BCUT2D eigenvalue weighted by atomic mass is 16.7. The lowest BCUT2D eigenvalue weighted by Crippen LogP contribution is -2.38. The van der Waals surface area contributed by atoms with Crippen molar-refractivity contribution in [1.82, 2.24) is 0 Å². The number of esters is 1. The van der Waals surface area contributed by atoms with E-state index in [0.29, 0.717) is 12.8 Å². The Bertz CT molecular complexity index is 293. The molecule has 0 radical (unpaired) electrons. The van der Waals surface area contributed by atoms with Gasteiger partial charge in [0, 0.05) is 6.42 Å². The van der Waals surface area contributed by atoms with E-state index in [1.165, 1.54) is 0 Å². The van der Waals surface area contributed by atoms with Crippen LogP contribution in [0.3, 0.4) is 0 Å². The predicted octanol–water partition coefficient (Wildman–Crippen LogP) is 1.69. The monoisotopic (exact) mass is 258 g/mol. The summed E-state index contributed by atoms with van der Waals surface area (Å²) in [5.74, 6) is -2.27. The number of Topliss-reactive ketones (excluding diaryl/α,β-unsaturated/α-hetero) is 1. The summed E-state index contributed by atoms with van der Waals surface area (Å²) in [5.41, 5.74) is 0. The van der Waals surface area contributed by atoms with Crippen molar-refractivity contribution in [2.75, 3.05) is 13.2 Å². The second kappa shape index (κ2) is 6.29. The zero-order valence-corrected chi connectivity index (χ0v) is 11.5.